The fraction of sp³-hybridized carbons (Fsp3) is 0. The first-order valence-corrected chi connectivity index (χ1v) is 6.62. The molecule has 2 aromatic heterocycles. The molecular formula is C10H11N4P3. The lowest BCUT2D eigenvalue weighted by atomic mass is 10.2. The number of rotatable bonds is 0. The maximum Gasteiger partial charge on any atom is 0.152 e. The highest BCUT2D eigenvalue weighted by Gasteiger charge is 2.13. The second-order valence-corrected chi connectivity index (χ2v) is 5.51. The smallest absolute Gasteiger partial charge is 0.152 e. The molecule has 17 heavy (non-hydrogen) atoms. The van der Waals surface area contributed by atoms with E-state index in [9.17, 15) is 0 Å². The maximum atomic E-state index is 5.94. The lowest BCUT2D eigenvalue weighted by Gasteiger charge is -2.04. The van der Waals surface area contributed by atoms with Gasteiger partial charge >= 0.3 is 0 Å². The Hall–Kier alpha value is -0.810. The van der Waals surface area contributed by atoms with Crippen molar-refractivity contribution in [2.45, 2.75) is 0 Å². The Bertz CT molecular complexity index is 750. The summed E-state index contributed by atoms with van der Waals surface area (Å²) >= 11 is 0. The molecule has 7 heteroatoms. The van der Waals surface area contributed by atoms with Gasteiger partial charge in [0.15, 0.2) is 5.82 Å². The Kier molecular flexibility index (Phi) is 2.56. The van der Waals surface area contributed by atoms with Crippen LogP contribution in [0.25, 0.3) is 21.9 Å². The van der Waals surface area contributed by atoms with E-state index >= 15 is 0 Å². The number of imidazole rings is 1. The van der Waals surface area contributed by atoms with Gasteiger partial charge in [-0.2, -0.15) is 0 Å². The van der Waals surface area contributed by atoms with Gasteiger partial charge in [0.25, 0.3) is 0 Å². The highest BCUT2D eigenvalue weighted by atomic mass is 31.0. The average Bonchev–Trinajstić information content (AvgIpc) is 2.57. The van der Waals surface area contributed by atoms with Gasteiger partial charge in [-0.1, -0.05) is 15.3 Å². The summed E-state index contributed by atoms with van der Waals surface area (Å²) in [6.07, 6.45) is 0. The summed E-state index contributed by atoms with van der Waals surface area (Å²) < 4.78 is 1.93. The van der Waals surface area contributed by atoms with Gasteiger partial charge in [0.1, 0.15) is 11.1 Å². The number of nitrogen functional groups attached to an aromatic ring is 1. The van der Waals surface area contributed by atoms with E-state index in [2.05, 4.69) is 37.8 Å². The molecule has 0 radical (unpaired) electrons. The molecule has 0 saturated heterocycles. The summed E-state index contributed by atoms with van der Waals surface area (Å²) in [4.78, 5) is 8.79. The summed E-state index contributed by atoms with van der Waals surface area (Å²) in [6.45, 7) is 0. The zero-order valence-electron chi connectivity index (χ0n) is 8.88. The van der Waals surface area contributed by atoms with Crippen molar-refractivity contribution in [2.75, 3.05) is 5.73 Å². The molecule has 3 atom stereocenters. The first-order valence-electron chi connectivity index (χ1n) is 4.95. The predicted octanol–water partition coefficient (Wildman–Crippen LogP) is 0.806. The quantitative estimate of drug-likeness (QED) is 0.620. The molecule has 0 spiro atoms. The Balaban J connectivity index is 2.62. The van der Waals surface area contributed by atoms with Gasteiger partial charge in [-0.15, -0.1) is 9.24 Å². The van der Waals surface area contributed by atoms with Crippen LogP contribution in [0.15, 0.2) is 18.2 Å². The van der Waals surface area contributed by atoms with Crippen molar-refractivity contribution >= 4 is 66.5 Å². The number of fused-ring (bicyclic) bond motifs is 3. The van der Waals surface area contributed by atoms with Crippen molar-refractivity contribution in [1.29, 1.82) is 0 Å². The molecule has 0 aliphatic heterocycles. The molecule has 2 heterocycles. The molecule has 1 aromatic carbocycles. The van der Waals surface area contributed by atoms with Crippen molar-refractivity contribution in [2.24, 2.45) is 0 Å². The van der Waals surface area contributed by atoms with Crippen LogP contribution in [-0.2, 0) is 0 Å². The lowest BCUT2D eigenvalue weighted by Crippen LogP contribution is -2.00. The molecule has 4 nitrogen and oxygen atoms in total. The van der Waals surface area contributed by atoms with E-state index < -0.39 is 0 Å². The highest BCUT2D eigenvalue weighted by Crippen LogP contribution is 2.27. The summed E-state index contributed by atoms with van der Waals surface area (Å²) in [5.41, 5.74) is 9.39. The van der Waals surface area contributed by atoms with Crippen LogP contribution in [-0.4, -0.2) is 14.3 Å². The molecule has 0 bridgehead atoms. The highest BCUT2D eigenvalue weighted by molar-refractivity contribution is 7.28. The number of nitrogens with zero attached hydrogens (tertiary/aromatic N) is 3. The van der Waals surface area contributed by atoms with Gasteiger partial charge < -0.3 is 10.1 Å². The second kappa shape index (κ2) is 3.85. The van der Waals surface area contributed by atoms with Crippen LogP contribution in [0.5, 0.6) is 0 Å². The number of benzene rings is 1. The molecule has 3 unspecified atom stereocenters. The topological polar surface area (TPSA) is 56.7 Å². The SMILES string of the molecule is Nc1nc2cc(P)ccc2c2c1nc(P)n2P. The zero-order valence-corrected chi connectivity index (χ0v) is 12.3. The van der Waals surface area contributed by atoms with Crippen molar-refractivity contribution in [3.63, 3.8) is 0 Å². The van der Waals surface area contributed by atoms with E-state index in [1.165, 1.54) is 0 Å². The predicted molar refractivity (Wildman–Crippen MR) is 83.2 cm³/mol. The Morgan fingerprint density at radius 3 is 2.71 bits per heavy atom. The monoisotopic (exact) mass is 280 g/mol. The second-order valence-electron chi connectivity index (χ2n) is 3.81. The molecule has 0 amide bonds. The van der Waals surface area contributed by atoms with Crippen molar-refractivity contribution < 1.29 is 0 Å². The van der Waals surface area contributed by atoms with Crippen LogP contribution in [0.1, 0.15) is 0 Å². The molecule has 2 N–H and O–H groups in total. The minimum Gasteiger partial charge on any atom is -0.382 e. The molecule has 0 saturated carbocycles. The average molecular weight is 280 g/mol. The minimum absolute atomic E-state index is 0.466. The van der Waals surface area contributed by atoms with E-state index in [4.69, 9.17) is 5.73 Å². The molecule has 0 aliphatic carbocycles. The Morgan fingerprint density at radius 1 is 1.18 bits per heavy atom. The van der Waals surface area contributed by atoms with Gasteiger partial charge in [-0.05, 0) is 26.8 Å². The number of hydrogen-bond acceptors (Lipinski definition) is 3. The molecule has 86 valence electrons. The number of nitrogens with two attached hydrogens (primary N) is 1. The third-order valence-corrected chi connectivity index (χ3v) is 4.29. The van der Waals surface area contributed by atoms with Crippen molar-refractivity contribution in [3.8, 4) is 0 Å². The first kappa shape index (κ1) is 11.3. The number of pyridine rings is 1. The van der Waals surface area contributed by atoms with E-state index in [1.54, 1.807) is 0 Å². The lowest BCUT2D eigenvalue weighted by molar-refractivity contribution is 1.37. The van der Waals surface area contributed by atoms with E-state index in [1.807, 2.05) is 22.5 Å². The minimum atomic E-state index is 0.466. The normalized spacial score (nSPS) is 11.5. The first-order chi connectivity index (χ1) is 8.08. The number of aromatic nitrogens is 3. The van der Waals surface area contributed by atoms with Gasteiger partial charge in [0.2, 0.25) is 0 Å². The fourth-order valence-corrected chi connectivity index (χ4v) is 2.74. The maximum absolute atomic E-state index is 5.94. The van der Waals surface area contributed by atoms with Crippen molar-refractivity contribution in [1.82, 2.24) is 14.3 Å². The van der Waals surface area contributed by atoms with E-state index in [0.717, 1.165) is 32.8 Å². The van der Waals surface area contributed by atoms with Crippen LogP contribution in [0.4, 0.5) is 5.82 Å². The van der Waals surface area contributed by atoms with Crippen molar-refractivity contribution in [3.05, 3.63) is 18.2 Å². The molecular weight excluding hydrogens is 269 g/mol. The third-order valence-electron chi connectivity index (χ3n) is 2.70. The van der Waals surface area contributed by atoms with Crippen LogP contribution in [0.2, 0.25) is 0 Å². The summed E-state index contributed by atoms with van der Waals surface area (Å²) in [7, 11) is 7.89. The summed E-state index contributed by atoms with van der Waals surface area (Å²) in [5, 5.41) is 2.14. The Labute approximate surface area is 105 Å². The molecule has 0 fully saturated rings. The molecule has 3 aromatic rings. The van der Waals surface area contributed by atoms with Crippen LogP contribution in [0, 0.1) is 0 Å². The summed E-state index contributed by atoms with van der Waals surface area (Å²) in [5.74, 6) is 0.466. The molecule has 3 rings (SSSR count). The van der Waals surface area contributed by atoms with Gasteiger partial charge in [-0.3, -0.25) is 0 Å². The van der Waals surface area contributed by atoms with Crippen LogP contribution in [0.3, 0.4) is 0 Å². The largest absolute Gasteiger partial charge is 0.382 e. The fourth-order valence-electron chi connectivity index (χ4n) is 1.91. The summed E-state index contributed by atoms with van der Waals surface area (Å²) in [6, 6.07) is 6.07. The number of anilines is 1. The van der Waals surface area contributed by atoms with E-state index in [-0.39, 0.29) is 0 Å². The standard InChI is InChI=1S/C10H11N4P3/c11-9-7-8(14(17)10(16)13-7)5-2-1-4(15)3-6(5)12-9/h1-3H,15-17H2,(H2,11,12). The van der Waals surface area contributed by atoms with Gasteiger partial charge in [-0.25, -0.2) is 9.97 Å². The van der Waals surface area contributed by atoms with E-state index in [0.29, 0.717) is 5.82 Å². The van der Waals surface area contributed by atoms with Crippen LogP contribution >= 0.6 is 27.9 Å². The van der Waals surface area contributed by atoms with Gasteiger partial charge in [0, 0.05) is 5.39 Å². The Morgan fingerprint density at radius 2 is 1.94 bits per heavy atom. The van der Waals surface area contributed by atoms with Crippen LogP contribution < -0.4 is 16.6 Å². The third kappa shape index (κ3) is 1.64. The molecule has 0 aliphatic rings. The number of hydrogen-bond donors (Lipinski definition) is 1. The van der Waals surface area contributed by atoms with Gasteiger partial charge in [0.05, 0.1) is 11.0 Å². The zero-order chi connectivity index (χ0) is 12.2.